The summed E-state index contributed by atoms with van der Waals surface area (Å²) < 4.78 is 8.47. The highest BCUT2D eigenvalue weighted by Crippen LogP contribution is 2.33. The van der Waals surface area contributed by atoms with Crippen molar-refractivity contribution in [1.29, 1.82) is 0 Å². The van der Waals surface area contributed by atoms with Gasteiger partial charge in [0.15, 0.2) is 0 Å². The monoisotopic (exact) mass is 287 g/mol. The summed E-state index contributed by atoms with van der Waals surface area (Å²) in [4.78, 5) is 0. The van der Waals surface area contributed by atoms with Gasteiger partial charge in [-0.1, -0.05) is 0 Å². The fraction of sp³-hybridized carbons (Fsp3) is 0.727. The number of aryl methyl sites for hydroxylation is 1. The number of rotatable bonds is 3. The van der Waals surface area contributed by atoms with E-state index in [1.54, 1.807) is 0 Å². The average molecular weight is 288 g/mol. The average Bonchev–Trinajstić information content (AvgIpc) is 2.59. The van der Waals surface area contributed by atoms with Gasteiger partial charge in [0.1, 0.15) is 0 Å². The van der Waals surface area contributed by atoms with Crippen LogP contribution >= 0.6 is 15.9 Å². The van der Waals surface area contributed by atoms with Crippen molar-refractivity contribution in [2.45, 2.75) is 25.2 Å². The van der Waals surface area contributed by atoms with Crippen LogP contribution in [0.25, 0.3) is 0 Å². The third-order valence-corrected chi connectivity index (χ3v) is 3.98. The van der Waals surface area contributed by atoms with E-state index >= 15 is 0 Å². The minimum absolute atomic E-state index is 0.529. The molecule has 1 aromatic heterocycles. The second kappa shape index (κ2) is 5.29. The Morgan fingerprint density at radius 3 is 2.81 bits per heavy atom. The zero-order valence-corrected chi connectivity index (χ0v) is 11.2. The summed E-state index contributed by atoms with van der Waals surface area (Å²) in [6.45, 7) is 2.35. The predicted octanol–water partition coefficient (Wildman–Crippen LogP) is 1.58. The number of nitrogens with two attached hydrogens (primary N) is 1. The molecule has 1 fully saturated rings. The number of aromatic nitrogens is 2. The Morgan fingerprint density at radius 2 is 2.19 bits per heavy atom. The number of nitrogens with zero attached hydrogens (tertiary/aromatic N) is 2. The molecule has 2 N–H and O–H groups in total. The molecule has 2 heterocycles. The molecule has 0 bridgehead atoms. The van der Waals surface area contributed by atoms with Crippen LogP contribution in [-0.2, 0) is 18.2 Å². The van der Waals surface area contributed by atoms with E-state index in [1.165, 1.54) is 11.4 Å². The molecule has 1 aliphatic rings. The molecule has 1 aliphatic heterocycles. The molecule has 1 aromatic rings. The summed E-state index contributed by atoms with van der Waals surface area (Å²) in [6, 6.07) is 0. The van der Waals surface area contributed by atoms with E-state index < -0.39 is 0 Å². The van der Waals surface area contributed by atoms with Crippen molar-refractivity contribution >= 4 is 15.9 Å². The van der Waals surface area contributed by atoms with Gasteiger partial charge in [0, 0.05) is 32.6 Å². The Hall–Kier alpha value is -0.390. The summed E-state index contributed by atoms with van der Waals surface area (Å²) in [5, 5.41) is 4.61. The van der Waals surface area contributed by atoms with E-state index in [1.807, 2.05) is 11.7 Å². The molecule has 2 rings (SSSR count). The molecule has 0 radical (unpaired) electrons. The zero-order valence-electron chi connectivity index (χ0n) is 9.58. The summed E-state index contributed by atoms with van der Waals surface area (Å²) >= 11 is 3.66. The molecule has 0 aliphatic carbocycles. The molecule has 0 unspecified atom stereocenters. The lowest BCUT2D eigenvalue weighted by atomic mass is 9.96. The van der Waals surface area contributed by atoms with E-state index in [2.05, 4.69) is 21.0 Å². The molecule has 0 spiro atoms. The van der Waals surface area contributed by atoms with Crippen molar-refractivity contribution in [3.63, 3.8) is 0 Å². The Morgan fingerprint density at radius 1 is 1.50 bits per heavy atom. The molecular formula is C11H18BrN3O. The van der Waals surface area contributed by atoms with Gasteiger partial charge in [-0.2, -0.15) is 5.10 Å². The Kier molecular flexibility index (Phi) is 4.00. The van der Waals surface area contributed by atoms with Crippen LogP contribution < -0.4 is 5.73 Å². The van der Waals surface area contributed by atoms with Crippen LogP contribution in [0.3, 0.4) is 0 Å². The molecule has 0 amide bonds. The van der Waals surface area contributed by atoms with Gasteiger partial charge in [-0.3, -0.25) is 4.68 Å². The van der Waals surface area contributed by atoms with E-state index in [-0.39, 0.29) is 0 Å². The highest BCUT2D eigenvalue weighted by atomic mass is 79.9. The Balaban J connectivity index is 2.23. The van der Waals surface area contributed by atoms with Crippen LogP contribution in [0, 0.1) is 0 Å². The van der Waals surface area contributed by atoms with Gasteiger partial charge in [-0.25, -0.2) is 0 Å². The van der Waals surface area contributed by atoms with Crippen LogP contribution in [0.1, 0.15) is 30.1 Å². The van der Waals surface area contributed by atoms with Crippen LogP contribution in [0.2, 0.25) is 0 Å². The van der Waals surface area contributed by atoms with Gasteiger partial charge in [-0.05, 0) is 35.3 Å². The summed E-state index contributed by atoms with van der Waals surface area (Å²) in [5.41, 5.74) is 7.98. The smallest absolute Gasteiger partial charge is 0.0802 e. The number of halogens is 1. The number of hydrogen-bond donors (Lipinski definition) is 1. The first-order chi connectivity index (χ1) is 7.74. The van der Waals surface area contributed by atoms with Gasteiger partial charge in [0.2, 0.25) is 0 Å². The van der Waals surface area contributed by atoms with Gasteiger partial charge in [-0.15, -0.1) is 0 Å². The van der Waals surface area contributed by atoms with E-state index in [0.29, 0.717) is 12.5 Å². The lowest BCUT2D eigenvalue weighted by Crippen LogP contribution is -2.15. The first kappa shape index (κ1) is 12.1. The highest BCUT2D eigenvalue weighted by molar-refractivity contribution is 9.10. The van der Waals surface area contributed by atoms with Crippen LogP contribution in [0.5, 0.6) is 0 Å². The van der Waals surface area contributed by atoms with Gasteiger partial charge >= 0.3 is 0 Å². The first-order valence-electron chi connectivity index (χ1n) is 5.73. The van der Waals surface area contributed by atoms with Crippen molar-refractivity contribution < 1.29 is 4.74 Å². The third-order valence-electron chi connectivity index (χ3n) is 3.12. The SMILES string of the molecule is Cn1nc(C2CCOCC2)c(Br)c1CCN. The molecule has 1 saturated heterocycles. The largest absolute Gasteiger partial charge is 0.381 e. The molecular weight excluding hydrogens is 270 g/mol. The minimum atomic E-state index is 0.529. The van der Waals surface area contributed by atoms with E-state index in [0.717, 1.165) is 36.9 Å². The fourth-order valence-electron chi connectivity index (χ4n) is 2.20. The number of hydrogen-bond acceptors (Lipinski definition) is 3. The van der Waals surface area contributed by atoms with Gasteiger partial charge in [0.25, 0.3) is 0 Å². The van der Waals surface area contributed by atoms with Crippen molar-refractivity contribution in [1.82, 2.24) is 9.78 Å². The maximum absolute atomic E-state index is 5.60. The van der Waals surface area contributed by atoms with Crippen molar-refractivity contribution in [3.8, 4) is 0 Å². The normalized spacial score (nSPS) is 17.9. The molecule has 90 valence electrons. The standard InChI is InChI=1S/C11H18BrN3O/c1-15-9(2-5-13)10(12)11(14-15)8-3-6-16-7-4-8/h8H,2-7,13H2,1H3. The van der Waals surface area contributed by atoms with Crippen molar-refractivity contribution in [3.05, 3.63) is 15.9 Å². The number of ether oxygens (including phenoxy) is 1. The van der Waals surface area contributed by atoms with Crippen LogP contribution in [0.15, 0.2) is 4.47 Å². The maximum Gasteiger partial charge on any atom is 0.0802 e. The highest BCUT2D eigenvalue weighted by Gasteiger charge is 2.23. The van der Waals surface area contributed by atoms with E-state index in [4.69, 9.17) is 10.5 Å². The summed E-state index contributed by atoms with van der Waals surface area (Å²) in [5.74, 6) is 0.529. The lowest BCUT2D eigenvalue weighted by Gasteiger charge is -2.20. The molecule has 4 nitrogen and oxygen atoms in total. The van der Waals surface area contributed by atoms with Gasteiger partial charge < -0.3 is 10.5 Å². The zero-order chi connectivity index (χ0) is 11.5. The maximum atomic E-state index is 5.60. The summed E-state index contributed by atoms with van der Waals surface area (Å²) in [7, 11) is 1.98. The van der Waals surface area contributed by atoms with Crippen molar-refractivity contribution in [2.24, 2.45) is 12.8 Å². The quantitative estimate of drug-likeness (QED) is 0.918. The Bertz CT molecular complexity index is 358. The van der Waals surface area contributed by atoms with Gasteiger partial charge in [0.05, 0.1) is 15.9 Å². The second-order valence-corrected chi connectivity index (χ2v) is 4.99. The molecule has 0 atom stereocenters. The minimum Gasteiger partial charge on any atom is -0.381 e. The van der Waals surface area contributed by atoms with Crippen LogP contribution in [-0.4, -0.2) is 29.5 Å². The van der Waals surface area contributed by atoms with E-state index in [9.17, 15) is 0 Å². The van der Waals surface area contributed by atoms with Crippen LogP contribution in [0.4, 0.5) is 0 Å². The third kappa shape index (κ3) is 2.31. The second-order valence-electron chi connectivity index (χ2n) is 4.19. The molecule has 16 heavy (non-hydrogen) atoms. The molecule has 0 aromatic carbocycles. The molecule has 5 heteroatoms. The summed E-state index contributed by atoms with van der Waals surface area (Å²) in [6.07, 6.45) is 3.00. The molecule has 0 saturated carbocycles. The lowest BCUT2D eigenvalue weighted by molar-refractivity contribution is 0.0842. The fourth-order valence-corrected chi connectivity index (χ4v) is 3.05. The van der Waals surface area contributed by atoms with Crippen molar-refractivity contribution in [2.75, 3.05) is 19.8 Å². The predicted molar refractivity (Wildman–Crippen MR) is 66.5 cm³/mol. The first-order valence-corrected chi connectivity index (χ1v) is 6.52. The Labute approximate surface area is 104 Å². The topological polar surface area (TPSA) is 53.1 Å².